The summed E-state index contributed by atoms with van der Waals surface area (Å²) >= 11 is 0. The molecule has 118 valence electrons. The first-order chi connectivity index (χ1) is 10.5. The largest absolute Gasteiger partial charge is 0.370 e. The number of guanidine groups is 1. The molecule has 0 saturated carbocycles. The quantitative estimate of drug-likeness (QED) is 0.301. The zero-order chi connectivity index (χ0) is 16.1. The van der Waals surface area contributed by atoms with E-state index in [-0.39, 0.29) is 18.4 Å². The minimum Gasteiger partial charge on any atom is -0.370 e. The van der Waals surface area contributed by atoms with Gasteiger partial charge in [0.25, 0.3) is 0 Å². The van der Waals surface area contributed by atoms with Crippen LogP contribution in [0.5, 0.6) is 0 Å². The molecule has 2 heterocycles. The average molecular weight is 305 g/mol. The average Bonchev–Trinajstić information content (AvgIpc) is 2.77. The van der Waals surface area contributed by atoms with E-state index in [0.29, 0.717) is 25.2 Å². The maximum absolute atomic E-state index is 11.8. The van der Waals surface area contributed by atoms with Crippen LogP contribution in [0.4, 0.5) is 0 Å². The molecular formula is C13H19N7O2. The first-order valence-corrected chi connectivity index (χ1v) is 6.84. The van der Waals surface area contributed by atoms with Crippen LogP contribution in [0.3, 0.4) is 0 Å². The Morgan fingerprint density at radius 1 is 1.50 bits per heavy atom. The van der Waals surface area contributed by atoms with Crippen LogP contribution in [0, 0.1) is 6.92 Å². The molecule has 2 aromatic rings. The molecule has 0 aliphatic heterocycles. The Morgan fingerprint density at radius 3 is 3.00 bits per heavy atom. The standard InChI is InChI=1S/C13H19N7O2/c1-8-5-9-6-20(13(22)19-11(9)18-8)7-10(21)16-3-2-4-17-12(14)15/h5-6H,2-4,7H2,1H3,(H,16,21)(H4,14,15,17)(H,18,19,22). The van der Waals surface area contributed by atoms with Crippen LogP contribution >= 0.6 is 0 Å². The van der Waals surface area contributed by atoms with Crippen LogP contribution in [-0.2, 0) is 11.3 Å². The number of amides is 1. The van der Waals surface area contributed by atoms with Crippen molar-refractivity contribution in [3.63, 3.8) is 0 Å². The van der Waals surface area contributed by atoms with E-state index in [9.17, 15) is 9.59 Å². The first kappa shape index (κ1) is 15.5. The molecule has 0 spiro atoms. The predicted molar refractivity (Wildman–Crippen MR) is 83.4 cm³/mol. The highest BCUT2D eigenvalue weighted by atomic mass is 16.2. The fourth-order valence-electron chi connectivity index (χ4n) is 2.01. The predicted octanol–water partition coefficient (Wildman–Crippen LogP) is -1.19. The summed E-state index contributed by atoms with van der Waals surface area (Å²) in [5, 5.41) is 3.49. The highest BCUT2D eigenvalue weighted by molar-refractivity contribution is 5.78. The summed E-state index contributed by atoms with van der Waals surface area (Å²) in [5.41, 5.74) is 11.3. The van der Waals surface area contributed by atoms with Crippen molar-refractivity contribution >= 4 is 22.9 Å². The second-order valence-electron chi connectivity index (χ2n) is 4.92. The molecule has 0 aromatic carbocycles. The van der Waals surface area contributed by atoms with E-state index >= 15 is 0 Å². The van der Waals surface area contributed by atoms with E-state index < -0.39 is 5.69 Å². The fourth-order valence-corrected chi connectivity index (χ4v) is 2.01. The van der Waals surface area contributed by atoms with Gasteiger partial charge in [-0.05, 0) is 19.4 Å². The fraction of sp³-hybridized carbons (Fsp3) is 0.385. The molecule has 2 aromatic heterocycles. The van der Waals surface area contributed by atoms with Gasteiger partial charge >= 0.3 is 5.69 Å². The summed E-state index contributed by atoms with van der Waals surface area (Å²) in [6.07, 6.45) is 2.24. The Morgan fingerprint density at radius 2 is 2.27 bits per heavy atom. The number of aliphatic imine (C=N–C) groups is 1. The lowest BCUT2D eigenvalue weighted by Crippen LogP contribution is -2.33. The molecule has 0 bridgehead atoms. The lowest BCUT2D eigenvalue weighted by atomic mass is 10.4. The Kier molecular flexibility index (Phi) is 4.77. The van der Waals surface area contributed by atoms with Crippen molar-refractivity contribution in [1.82, 2.24) is 19.9 Å². The number of nitrogens with one attached hydrogen (secondary N) is 2. The van der Waals surface area contributed by atoms with Gasteiger partial charge in [0.15, 0.2) is 5.96 Å². The first-order valence-electron chi connectivity index (χ1n) is 6.84. The van der Waals surface area contributed by atoms with Crippen LogP contribution < -0.4 is 22.5 Å². The molecule has 0 radical (unpaired) electrons. The molecule has 22 heavy (non-hydrogen) atoms. The SMILES string of the molecule is Cc1cc2cn(CC(=O)NCCCN=C(N)N)c(=O)nc2[nH]1. The molecule has 0 unspecified atom stereocenters. The molecule has 0 aliphatic rings. The highest BCUT2D eigenvalue weighted by Crippen LogP contribution is 2.09. The lowest BCUT2D eigenvalue weighted by Gasteiger charge is -2.06. The summed E-state index contributed by atoms with van der Waals surface area (Å²) in [6.45, 7) is 2.68. The van der Waals surface area contributed by atoms with Crippen LogP contribution in [0.15, 0.2) is 22.1 Å². The number of rotatable bonds is 6. The van der Waals surface area contributed by atoms with Gasteiger partial charge in [-0.2, -0.15) is 4.98 Å². The smallest absolute Gasteiger partial charge is 0.350 e. The number of fused-ring (bicyclic) bond motifs is 1. The second kappa shape index (κ2) is 6.74. The maximum Gasteiger partial charge on any atom is 0.350 e. The van der Waals surface area contributed by atoms with Gasteiger partial charge in [-0.1, -0.05) is 0 Å². The van der Waals surface area contributed by atoms with Gasteiger partial charge in [0.2, 0.25) is 5.91 Å². The molecule has 0 fully saturated rings. The third-order valence-corrected chi connectivity index (χ3v) is 2.97. The second-order valence-corrected chi connectivity index (χ2v) is 4.92. The van der Waals surface area contributed by atoms with E-state index in [2.05, 4.69) is 20.3 Å². The van der Waals surface area contributed by atoms with Crippen molar-refractivity contribution < 1.29 is 4.79 Å². The third-order valence-electron chi connectivity index (χ3n) is 2.97. The number of carbonyl (C=O) groups excluding carboxylic acids is 1. The van der Waals surface area contributed by atoms with Gasteiger partial charge in [-0.3, -0.25) is 14.4 Å². The minimum absolute atomic E-state index is 0.0269. The van der Waals surface area contributed by atoms with Crippen molar-refractivity contribution in [2.45, 2.75) is 19.9 Å². The van der Waals surface area contributed by atoms with E-state index in [4.69, 9.17) is 11.5 Å². The van der Waals surface area contributed by atoms with Crippen molar-refractivity contribution in [2.75, 3.05) is 13.1 Å². The topological polar surface area (TPSA) is 144 Å². The monoisotopic (exact) mass is 305 g/mol. The number of carbonyl (C=O) groups is 1. The number of hydrogen-bond donors (Lipinski definition) is 4. The number of hydrogen-bond acceptors (Lipinski definition) is 4. The van der Waals surface area contributed by atoms with E-state index in [0.717, 1.165) is 11.1 Å². The third kappa shape index (κ3) is 4.08. The Bertz CT molecular complexity index is 755. The zero-order valence-corrected chi connectivity index (χ0v) is 12.3. The Labute approximate surface area is 126 Å². The normalized spacial score (nSPS) is 10.6. The molecule has 6 N–H and O–H groups in total. The summed E-state index contributed by atoms with van der Waals surface area (Å²) < 4.78 is 1.28. The van der Waals surface area contributed by atoms with Crippen molar-refractivity contribution in [1.29, 1.82) is 0 Å². The summed E-state index contributed by atoms with van der Waals surface area (Å²) in [7, 11) is 0. The number of aryl methyl sites for hydroxylation is 1. The number of nitrogens with zero attached hydrogens (tertiary/aromatic N) is 3. The van der Waals surface area contributed by atoms with Crippen LogP contribution in [0.1, 0.15) is 12.1 Å². The van der Waals surface area contributed by atoms with E-state index in [1.54, 1.807) is 6.20 Å². The lowest BCUT2D eigenvalue weighted by molar-refractivity contribution is -0.121. The summed E-state index contributed by atoms with van der Waals surface area (Å²) in [6, 6.07) is 1.87. The number of nitrogens with two attached hydrogens (primary N) is 2. The van der Waals surface area contributed by atoms with Crippen molar-refractivity contribution in [2.24, 2.45) is 16.5 Å². The molecular weight excluding hydrogens is 286 g/mol. The number of aromatic amines is 1. The highest BCUT2D eigenvalue weighted by Gasteiger charge is 2.07. The minimum atomic E-state index is -0.468. The molecule has 0 atom stereocenters. The van der Waals surface area contributed by atoms with Gasteiger partial charge < -0.3 is 21.8 Å². The van der Waals surface area contributed by atoms with Gasteiger partial charge in [0.05, 0.1) is 0 Å². The van der Waals surface area contributed by atoms with Crippen LogP contribution in [0.25, 0.3) is 11.0 Å². The zero-order valence-electron chi connectivity index (χ0n) is 12.3. The molecule has 1 amide bonds. The van der Waals surface area contributed by atoms with E-state index in [1.807, 2.05) is 13.0 Å². The molecule has 0 aliphatic carbocycles. The Hall–Kier alpha value is -2.84. The summed E-state index contributed by atoms with van der Waals surface area (Å²) in [4.78, 5) is 34.3. The number of H-pyrrole nitrogens is 1. The summed E-state index contributed by atoms with van der Waals surface area (Å²) in [5.74, 6) is -0.237. The van der Waals surface area contributed by atoms with E-state index in [1.165, 1.54) is 4.57 Å². The molecule has 0 saturated heterocycles. The molecule has 9 nitrogen and oxygen atoms in total. The number of aromatic nitrogens is 3. The molecule has 2 rings (SSSR count). The van der Waals surface area contributed by atoms with Crippen molar-refractivity contribution in [3.8, 4) is 0 Å². The van der Waals surface area contributed by atoms with Gasteiger partial charge in [-0.15, -0.1) is 0 Å². The van der Waals surface area contributed by atoms with Crippen LogP contribution in [-0.4, -0.2) is 39.5 Å². The Balaban J connectivity index is 1.92. The van der Waals surface area contributed by atoms with Crippen LogP contribution in [0.2, 0.25) is 0 Å². The van der Waals surface area contributed by atoms with Gasteiger partial charge in [0.1, 0.15) is 12.2 Å². The molecule has 9 heteroatoms. The van der Waals surface area contributed by atoms with Gasteiger partial charge in [0, 0.05) is 30.4 Å². The van der Waals surface area contributed by atoms with Crippen molar-refractivity contribution in [3.05, 3.63) is 28.4 Å². The maximum atomic E-state index is 11.8. The van der Waals surface area contributed by atoms with Gasteiger partial charge in [-0.25, -0.2) is 4.79 Å².